The number of methoxy groups -OCH3 is 2. The second kappa shape index (κ2) is 13.3. The summed E-state index contributed by atoms with van der Waals surface area (Å²) in [5, 5.41) is 5.36. The number of nitrogens with zero attached hydrogens (tertiary/aromatic N) is 1. The van der Waals surface area contributed by atoms with Crippen LogP contribution in [0.15, 0.2) is 22.7 Å². The van der Waals surface area contributed by atoms with Crippen molar-refractivity contribution in [1.82, 2.24) is 15.5 Å². The van der Waals surface area contributed by atoms with Crippen molar-refractivity contribution in [2.45, 2.75) is 12.5 Å². The van der Waals surface area contributed by atoms with Gasteiger partial charge in [-0.3, -0.25) is 19.7 Å². The first kappa shape index (κ1) is 26.0. The van der Waals surface area contributed by atoms with Crippen LogP contribution in [0.5, 0.6) is 5.75 Å². The Balaban J connectivity index is 2.08. The smallest absolute Gasteiger partial charge is 0.308 e. The first-order chi connectivity index (χ1) is 15.4. The molecule has 1 unspecified atom stereocenters. The molecule has 2 rings (SSSR count). The highest BCUT2D eigenvalue weighted by molar-refractivity contribution is 9.10. The van der Waals surface area contributed by atoms with E-state index in [0.717, 1.165) is 0 Å². The van der Waals surface area contributed by atoms with Crippen molar-refractivity contribution in [2.75, 3.05) is 53.7 Å². The van der Waals surface area contributed by atoms with Crippen molar-refractivity contribution in [3.8, 4) is 5.75 Å². The van der Waals surface area contributed by atoms with E-state index in [2.05, 4.69) is 26.6 Å². The number of benzene rings is 1. The van der Waals surface area contributed by atoms with Gasteiger partial charge in [-0.05, 0) is 30.4 Å². The third-order valence-corrected chi connectivity index (χ3v) is 5.28. The monoisotopic (exact) mass is 531 g/mol. The normalized spacial score (nSPS) is 15.7. The predicted octanol–water partition coefficient (Wildman–Crippen LogP) is 0.869. The molecule has 0 saturated carbocycles. The van der Waals surface area contributed by atoms with Gasteiger partial charge in [-0.1, -0.05) is 15.9 Å². The molecule has 1 aliphatic heterocycles. The fraction of sp³-hybridized carbons (Fsp3) is 0.500. The molecular weight excluding hydrogens is 506 g/mol. The zero-order valence-corrected chi connectivity index (χ0v) is 20.3. The number of hydrogen-bond donors (Lipinski definition) is 2. The molecule has 1 aromatic rings. The lowest BCUT2D eigenvalue weighted by Gasteiger charge is -2.36. The summed E-state index contributed by atoms with van der Waals surface area (Å²) in [6.45, 7) is 1.62. The number of halogens is 1. The molecule has 1 aliphatic rings. The Morgan fingerprint density at radius 2 is 1.94 bits per heavy atom. The van der Waals surface area contributed by atoms with Crippen LogP contribution in [0.4, 0.5) is 0 Å². The highest BCUT2D eigenvalue weighted by atomic mass is 79.9. The average Bonchev–Trinajstić information content (AvgIpc) is 2.76. The van der Waals surface area contributed by atoms with Crippen LogP contribution < -0.4 is 15.4 Å². The molecule has 1 saturated heterocycles. The first-order valence-electron chi connectivity index (χ1n) is 9.83. The van der Waals surface area contributed by atoms with Crippen molar-refractivity contribution in [1.29, 1.82) is 0 Å². The molecule has 1 heterocycles. The molecular formula is C20H26BrN3O7S. The molecule has 2 amide bonds. The first-order valence-corrected chi connectivity index (χ1v) is 11.0. The summed E-state index contributed by atoms with van der Waals surface area (Å²) in [6.07, 6.45) is -0.214. The van der Waals surface area contributed by atoms with Gasteiger partial charge in [0, 0.05) is 31.8 Å². The zero-order valence-electron chi connectivity index (χ0n) is 17.9. The van der Waals surface area contributed by atoms with Crippen LogP contribution >= 0.6 is 28.1 Å². The number of nitrogens with one attached hydrogen (secondary N) is 2. The molecule has 0 aromatic heterocycles. The second-order valence-corrected chi connectivity index (χ2v) is 7.96. The number of rotatable bonds is 10. The lowest BCUT2D eigenvalue weighted by Crippen LogP contribution is -2.60. The van der Waals surface area contributed by atoms with Gasteiger partial charge < -0.3 is 29.2 Å². The van der Waals surface area contributed by atoms with Gasteiger partial charge in [0.25, 0.3) is 5.91 Å². The van der Waals surface area contributed by atoms with E-state index in [9.17, 15) is 14.4 Å². The Hall–Kier alpha value is -2.28. The number of amides is 2. The van der Waals surface area contributed by atoms with E-state index in [4.69, 9.17) is 31.2 Å². The summed E-state index contributed by atoms with van der Waals surface area (Å²) in [5.74, 6) is -1.08. The Labute approximate surface area is 200 Å². The number of ether oxygens (including phenoxy) is 4. The summed E-state index contributed by atoms with van der Waals surface area (Å²) in [5.41, 5.74) is 0.259. The van der Waals surface area contributed by atoms with Crippen LogP contribution in [-0.2, 0) is 23.8 Å². The van der Waals surface area contributed by atoms with Gasteiger partial charge in [0.05, 0.1) is 25.2 Å². The lowest BCUT2D eigenvalue weighted by molar-refractivity contribution is -0.148. The fourth-order valence-electron chi connectivity index (χ4n) is 2.89. The molecule has 10 nitrogen and oxygen atoms in total. The van der Waals surface area contributed by atoms with Crippen molar-refractivity contribution >= 4 is 51.0 Å². The minimum Gasteiger partial charge on any atom is -0.490 e. The maximum Gasteiger partial charge on any atom is 0.308 e. The van der Waals surface area contributed by atoms with Crippen LogP contribution in [0.3, 0.4) is 0 Å². The van der Waals surface area contributed by atoms with Crippen LogP contribution in [-0.4, -0.2) is 87.6 Å². The number of esters is 1. The summed E-state index contributed by atoms with van der Waals surface area (Å²) in [7, 11) is 3.04. The molecule has 0 radical (unpaired) electrons. The molecule has 0 aliphatic carbocycles. The van der Waals surface area contributed by atoms with E-state index < -0.39 is 17.9 Å². The number of thiocarbonyl (C=S) groups is 1. The summed E-state index contributed by atoms with van der Waals surface area (Å²) in [4.78, 5) is 38.9. The maximum atomic E-state index is 12.9. The summed E-state index contributed by atoms with van der Waals surface area (Å²) < 4.78 is 21.2. The van der Waals surface area contributed by atoms with Gasteiger partial charge >= 0.3 is 5.97 Å². The standard InChI is InChI=1S/C20H26BrN3O7S/c1-28-7-9-30-16-4-3-13(21)11-14(16)18(26)23-20(32)24-6-5-22-19(27)15(24)12-17(25)31-10-8-29-2/h3-4,11,15H,5-10,12H2,1-2H3,(H,22,27)(H,23,26,32). The van der Waals surface area contributed by atoms with Crippen LogP contribution in [0.1, 0.15) is 16.8 Å². The van der Waals surface area contributed by atoms with Gasteiger partial charge in [-0.15, -0.1) is 0 Å². The Morgan fingerprint density at radius 1 is 1.22 bits per heavy atom. The Bertz CT molecular complexity index is 839. The summed E-state index contributed by atoms with van der Waals surface area (Å²) in [6, 6.07) is 4.11. The molecule has 0 bridgehead atoms. The van der Waals surface area contributed by atoms with E-state index in [1.165, 1.54) is 12.0 Å². The van der Waals surface area contributed by atoms with Gasteiger partial charge in [-0.2, -0.15) is 0 Å². The summed E-state index contributed by atoms with van der Waals surface area (Å²) >= 11 is 8.73. The van der Waals surface area contributed by atoms with Crippen molar-refractivity contribution in [2.24, 2.45) is 0 Å². The molecule has 2 N–H and O–H groups in total. The highest BCUT2D eigenvalue weighted by Gasteiger charge is 2.34. The van der Waals surface area contributed by atoms with Gasteiger partial charge in [0.2, 0.25) is 5.91 Å². The quantitative estimate of drug-likeness (QED) is 0.257. The van der Waals surface area contributed by atoms with Crippen LogP contribution in [0.25, 0.3) is 0 Å². The van der Waals surface area contributed by atoms with E-state index in [1.54, 1.807) is 25.3 Å². The van der Waals surface area contributed by atoms with E-state index >= 15 is 0 Å². The number of carbonyl (C=O) groups is 3. The zero-order chi connectivity index (χ0) is 23.5. The third-order valence-electron chi connectivity index (χ3n) is 4.45. The van der Waals surface area contributed by atoms with Crippen LogP contribution in [0, 0.1) is 0 Å². The molecule has 176 valence electrons. The van der Waals surface area contributed by atoms with Gasteiger partial charge in [-0.25, -0.2) is 0 Å². The molecule has 1 fully saturated rings. The van der Waals surface area contributed by atoms with Gasteiger partial charge in [0.1, 0.15) is 25.0 Å². The second-order valence-electron chi connectivity index (χ2n) is 6.66. The van der Waals surface area contributed by atoms with Gasteiger partial charge in [0.15, 0.2) is 5.11 Å². The number of piperazine rings is 1. The van der Waals surface area contributed by atoms with Crippen molar-refractivity contribution in [3.63, 3.8) is 0 Å². The molecule has 0 spiro atoms. The Kier molecular flexibility index (Phi) is 10.8. The molecule has 32 heavy (non-hydrogen) atoms. The van der Waals surface area contributed by atoms with Crippen molar-refractivity contribution < 1.29 is 33.3 Å². The Morgan fingerprint density at radius 3 is 2.66 bits per heavy atom. The van der Waals surface area contributed by atoms with E-state index in [1.807, 2.05) is 0 Å². The minimum atomic E-state index is -0.897. The minimum absolute atomic E-state index is 0.0300. The molecule has 1 atom stereocenters. The largest absolute Gasteiger partial charge is 0.490 e. The fourth-order valence-corrected chi connectivity index (χ4v) is 3.57. The predicted molar refractivity (Wildman–Crippen MR) is 123 cm³/mol. The van der Waals surface area contributed by atoms with E-state index in [0.29, 0.717) is 29.9 Å². The van der Waals surface area contributed by atoms with Crippen LogP contribution in [0.2, 0.25) is 0 Å². The number of hydrogen-bond acceptors (Lipinski definition) is 8. The van der Waals surface area contributed by atoms with Crippen molar-refractivity contribution in [3.05, 3.63) is 28.2 Å². The number of carbonyl (C=O) groups excluding carboxylic acids is 3. The van der Waals surface area contributed by atoms with E-state index in [-0.39, 0.29) is 42.8 Å². The highest BCUT2D eigenvalue weighted by Crippen LogP contribution is 2.23. The molecule has 12 heteroatoms. The maximum absolute atomic E-state index is 12.9. The third kappa shape index (κ3) is 7.69. The molecule has 1 aromatic carbocycles. The lowest BCUT2D eigenvalue weighted by atomic mass is 10.1. The average molecular weight is 532 g/mol. The SMILES string of the molecule is COCCOC(=O)CC1C(=O)NCCN1C(=S)NC(=O)c1cc(Br)ccc1OCCOC. The topological polar surface area (TPSA) is 115 Å².